The Bertz CT molecular complexity index is 447. The zero-order valence-electron chi connectivity index (χ0n) is 11.5. The molecule has 2 N–H and O–H groups in total. The van der Waals surface area contributed by atoms with Crippen LogP contribution >= 0.6 is 11.6 Å². The molecule has 2 rings (SSSR count). The van der Waals surface area contributed by atoms with Crippen molar-refractivity contribution in [2.24, 2.45) is 0 Å². The number of aliphatic hydroxyl groups excluding tert-OH is 1. The Morgan fingerprint density at radius 1 is 1.35 bits per heavy atom. The molecule has 1 saturated carbocycles. The van der Waals surface area contributed by atoms with Crippen molar-refractivity contribution in [3.05, 3.63) is 29.3 Å². The standard InChI is InChI=1S/C15H21ClN2O2/c16-12-5-4-6-13(11-12)17-15(20)18(9-10-19)14-7-2-1-3-8-14/h4-6,11,14,19H,1-3,7-10H2,(H,17,20). The summed E-state index contributed by atoms with van der Waals surface area (Å²) in [4.78, 5) is 14.1. The molecule has 0 aliphatic heterocycles. The van der Waals surface area contributed by atoms with Gasteiger partial charge in [-0.05, 0) is 31.0 Å². The van der Waals surface area contributed by atoms with Gasteiger partial charge in [0.15, 0.2) is 0 Å². The van der Waals surface area contributed by atoms with E-state index in [1.165, 1.54) is 6.42 Å². The van der Waals surface area contributed by atoms with Gasteiger partial charge < -0.3 is 15.3 Å². The second-order valence-corrected chi connectivity index (χ2v) is 5.59. The number of nitrogens with zero attached hydrogens (tertiary/aromatic N) is 1. The lowest BCUT2D eigenvalue weighted by atomic mass is 9.94. The SMILES string of the molecule is O=C(Nc1cccc(Cl)c1)N(CCO)C1CCCCC1. The molecule has 1 aromatic carbocycles. The number of rotatable bonds is 4. The summed E-state index contributed by atoms with van der Waals surface area (Å²) < 4.78 is 0. The highest BCUT2D eigenvalue weighted by atomic mass is 35.5. The molecule has 0 spiro atoms. The molecule has 0 saturated heterocycles. The minimum atomic E-state index is -0.159. The van der Waals surface area contributed by atoms with E-state index in [0.717, 1.165) is 25.7 Å². The number of carbonyl (C=O) groups is 1. The van der Waals surface area contributed by atoms with Crippen LogP contribution in [0.2, 0.25) is 5.02 Å². The van der Waals surface area contributed by atoms with Crippen molar-refractivity contribution in [1.29, 1.82) is 0 Å². The van der Waals surface area contributed by atoms with Gasteiger partial charge in [0.2, 0.25) is 0 Å². The number of amides is 2. The molecule has 0 heterocycles. The summed E-state index contributed by atoms with van der Waals surface area (Å²) in [7, 11) is 0. The number of benzene rings is 1. The normalized spacial score (nSPS) is 15.9. The van der Waals surface area contributed by atoms with Gasteiger partial charge in [-0.2, -0.15) is 0 Å². The van der Waals surface area contributed by atoms with Gasteiger partial charge in [0.05, 0.1) is 6.61 Å². The van der Waals surface area contributed by atoms with Crippen LogP contribution in [0.4, 0.5) is 10.5 Å². The van der Waals surface area contributed by atoms with Crippen molar-refractivity contribution in [1.82, 2.24) is 4.90 Å². The van der Waals surface area contributed by atoms with Gasteiger partial charge in [-0.25, -0.2) is 4.79 Å². The van der Waals surface area contributed by atoms with Crippen LogP contribution in [-0.4, -0.2) is 35.2 Å². The third kappa shape index (κ3) is 4.12. The molecule has 20 heavy (non-hydrogen) atoms. The summed E-state index contributed by atoms with van der Waals surface area (Å²) in [6, 6.07) is 7.17. The quantitative estimate of drug-likeness (QED) is 0.893. The lowest BCUT2D eigenvalue weighted by molar-refractivity contribution is 0.144. The van der Waals surface area contributed by atoms with Crippen molar-refractivity contribution in [2.45, 2.75) is 38.1 Å². The summed E-state index contributed by atoms with van der Waals surface area (Å²) in [6.45, 7) is 0.358. The van der Waals surface area contributed by atoms with Crippen molar-refractivity contribution >= 4 is 23.3 Å². The Labute approximate surface area is 124 Å². The lowest BCUT2D eigenvalue weighted by Gasteiger charge is -2.34. The van der Waals surface area contributed by atoms with Gasteiger partial charge in [-0.3, -0.25) is 0 Å². The fraction of sp³-hybridized carbons (Fsp3) is 0.533. The fourth-order valence-electron chi connectivity index (χ4n) is 2.71. The first-order valence-corrected chi connectivity index (χ1v) is 7.52. The maximum Gasteiger partial charge on any atom is 0.322 e. The van der Waals surface area contributed by atoms with E-state index in [9.17, 15) is 9.90 Å². The maximum atomic E-state index is 12.4. The number of carbonyl (C=O) groups excluding carboxylic acids is 1. The number of urea groups is 1. The zero-order chi connectivity index (χ0) is 14.4. The Balaban J connectivity index is 2.02. The van der Waals surface area contributed by atoms with E-state index in [1.54, 1.807) is 23.1 Å². The molecular weight excluding hydrogens is 276 g/mol. The smallest absolute Gasteiger partial charge is 0.322 e. The van der Waals surface area contributed by atoms with Gasteiger partial charge in [-0.1, -0.05) is 36.9 Å². The molecular formula is C15H21ClN2O2. The van der Waals surface area contributed by atoms with Crippen LogP contribution in [0.5, 0.6) is 0 Å². The molecule has 0 unspecified atom stereocenters. The predicted molar refractivity (Wildman–Crippen MR) is 81.1 cm³/mol. The monoisotopic (exact) mass is 296 g/mol. The number of anilines is 1. The Hall–Kier alpha value is -1.26. The van der Waals surface area contributed by atoms with E-state index in [-0.39, 0.29) is 18.7 Å². The Morgan fingerprint density at radius 3 is 2.75 bits per heavy atom. The first kappa shape index (κ1) is 15.1. The van der Waals surface area contributed by atoms with Crippen molar-refractivity contribution in [3.63, 3.8) is 0 Å². The fourth-order valence-corrected chi connectivity index (χ4v) is 2.90. The summed E-state index contributed by atoms with van der Waals surface area (Å²) in [5.74, 6) is 0. The first-order valence-electron chi connectivity index (χ1n) is 7.15. The van der Waals surface area contributed by atoms with Gasteiger partial charge in [0.1, 0.15) is 0 Å². The van der Waals surface area contributed by atoms with Crippen LogP contribution < -0.4 is 5.32 Å². The molecule has 0 aromatic heterocycles. The van der Waals surface area contributed by atoms with Gasteiger partial charge in [0, 0.05) is 23.3 Å². The van der Waals surface area contributed by atoms with Crippen molar-refractivity contribution in [2.75, 3.05) is 18.5 Å². The Kier molecular flexibility index (Phi) is 5.68. The van der Waals surface area contributed by atoms with Crippen LogP contribution in [0.15, 0.2) is 24.3 Å². The average Bonchev–Trinajstić information content (AvgIpc) is 2.45. The van der Waals surface area contributed by atoms with E-state index in [1.807, 2.05) is 6.07 Å². The molecule has 4 nitrogen and oxygen atoms in total. The highest BCUT2D eigenvalue weighted by Gasteiger charge is 2.24. The number of hydrogen-bond donors (Lipinski definition) is 2. The van der Waals surface area contributed by atoms with Gasteiger partial charge >= 0.3 is 6.03 Å². The average molecular weight is 297 g/mol. The molecule has 1 fully saturated rings. The molecule has 1 aliphatic rings. The largest absolute Gasteiger partial charge is 0.395 e. The third-order valence-corrected chi connectivity index (χ3v) is 3.93. The third-order valence-electron chi connectivity index (χ3n) is 3.69. The molecule has 0 radical (unpaired) electrons. The van der Waals surface area contributed by atoms with E-state index in [0.29, 0.717) is 17.3 Å². The summed E-state index contributed by atoms with van der Waals surface area (Å²) in [5.41, 5.74) is 0.682. The molecule has 1 aliphatic carbocycles. The highest BCUT2D eigenvalue weighted by molar-refractivity contribution is 6.30. The number of aliphatic hydroxyl groups is 1. The second kappa shape index (κ2) is 7.50. The Morgan fingerprint density at radius 2 is 2.10 bits per heavy atom. The topological polar surface area (TPSA) is 52.6 Å². The second-order valence-electron chi connectivity index (χ2n) is 5.15. The van der Waals surface area contributed by atoms with Crippen LogP contribution in [0.3, 0.4) is 0 Å². The van der Waals surface area contributed by atoms with Crippen molar-refractivity contribution < 1.29 is 9.90 Å². The molecule has 1 aromatic rings. The van der Waals surface area contributed by atoms with E-state index >= 15 is 0 Å². The number of halogens is 1. The number of nitrogens with one attached hydrogen (secondary N) is 1. The number of hydrogen-bond acceptors (Lipinski definition) is 2. The molecule has 0 bridgehead atoms. The molecule has 2 amide bonds. The predicted octanol–water partition coefficient (Wildman–Crippen LogP) is 3.50. The summed E-state index contributed by atoms with van der Waals surface area (Å²) in [6.07, 6.45) is 5.57. The van der Waals surface area contributed by atoms with Crippen LogP contribution in [0, 0.1) is 0 Å². The molecule has 5 heteroatoms. The molecule has 110 valence electrons. The van der Waals surface area contributed by atoms with Crippen LogP contribution in [0.25, 0.3) is 0 Å². The minimum absolute atomic E-state index is 0.0144. The summed E-state index contributed by atoms with van der Waals surface area (Å²) >= 11 is 5.91. The minimum Gasteiger partial charge on any atom is -0.395 e. The van der Waals surface area contributed by atoms with Crippen molar-refractivity contribution in [3.8, 4) is 0 Å². The zero-order valence-corrected chi connectivity index (χ0v) is 12.3. The van der Waals surface area contributed by atoms with E-state index in [4.69, 9.17) is 11.6 Å². The van der Waals surface area contributed by atoms with E-state index in [2.05, 4.69) is 5.32 Å². The van der Waals surface area contributed by atoms with Gasteiger partial charge in [0.25, 0.3) is 0 Å². The van der Waals surface area contributed by atoms with E-state index < -0.39 is 0 Å². The first-order chi connectivity index (χ1) is 9.70. The van der Waals surface area contributed by atoms with Crippen LogP contribution in [-0.2, 0) is 0 Å². The van der Waals surface area contributed by atoms with Gasteiger partial charge in [-0.15, -0.1) is 0 Å². The lowest BCUT2D eigenvalue weighted by Crippen LogP contribution is -2.45. The van der Waals surface area contributed by atoms with Crippen LogP contribution in [0.1, 0.15) is 32.1 Å². The maximum absolute atomic E-state index is 12.4. The molecule has 0 atom stereocenters. The highest BCUT2D eigenvalue weighted by Crippen LogP contribution is 2.23. The summed E-state index contributed by atoms with van der Waals surface area (Å²) in [5, 5.41) is 12.6.